The van der Waals surface area contributed by atoms with Gasteiger partial charge < -0.3 is 15.0 Å². The van der Waals surface area contributed by atoms with Crippen LogP contribution in [0.5, 0.6) is 0 Å². The summed E-state index contributed by atoms with van der Waals surface area (Å²) in [4.78, 5) is 31.2. The summed E-state index contributed by atoms with van der Waals surface area (Å²) in [6.45, 7) is 3.00. The second kappa shape index (κ2) is 8.54. The van der Waals surface area contributed by atoms with Crippen LogP contribution in [-0.2, 0) is 19.4 Å². The zero-order valence-electron chi connectivity index (χ0n) is 17.2. The Morgan fingerprint density at radius 3 is 2.42 bits per heavy atom. The second-order valence-electron chi connectivity index (χ2n) is 7.64. The topological polar surface area (TPSA) is 109 Å². The van der Waals surface area contributed by atoms with Gasteiger partial charge in [0.25, 0.3) is 0 Å². The van der Waals surface area contributed by atoms with Gasteiger partial charge in [-0.25, -0.2) is 18.2 Å². The number of carbonyl (C=O) groups is 2. The van der Waals surface area contributed by atoms with Crippen molar-refractivity contribution < 1.29 is 22.7 Å². The number of benzene rings is 1. The van der Waals surface area contributed by atoms with Gasteiger partial charge in [-0.05, 0) is 29.8 Å². The first-order valence-corrected chi connectivity index (χ1v) is 11.9. The van der Waals surface area contributed by atoms with Gasteiger partial charge in [-0.2, -0.15) is 0 Å². The van der Waals surface area contributed by atoms with E-state index >= 15 is 0 Å². The number of rotatable bonds is 5. The third-order valence-electron chi connectivity index (χ3n) is 5.38. The molecule has 164 valence electrons. The van der Waals surface area contributed by atoms with E-state index in [9.17, 15) is 18.0 Å². The molecule has 0 aliphatic carbocycles. The maximum Gasteiger partial charge on any atom is 0.414 e. The van der Waals surface area contributed by atoms with Crippen molar-refractivity contribution >= 4 is 33.3 Å². The van der Waals surface area contributed by atoms with E-state index in [2.05, 4.69) is 10.3 Å². The summed E-state index contributed by atoms with van der Waals surface area (Å²) in [5.41, 5.74) is 2.59. The number of aromatic nitrogens is 1. The first-order valence-electron chi connectivity index (χ1n) is 10.1. The van der Waals surface area contributed by atoms with Crippen LogP contribution < -0.4 is 15.1 Å². The minimum atomic E-state index is -2.93. The molecule has 2 fully saturated rings. The lowest BCUT2D eigenvalue weighted by molar-refractivity contribution is -0.119. The Balaban J connectivity index is 1.40. The molecule has 0 unspecified atom stereocenters. The molecule has 1 N–H and O–H groups in total. The molecule has 2 aromatic rings. The van der Waals surface area contributed by atoms with Crippen LogP contribution in [0.25, 0.3) is 11.1 Å². The molecule has 1 aromatic heterocycles. The van der Waals surface area contributed by atoms with E-state index < -0.39 is 15.9 Å². The molecule has 0 bridgehead atoms. The SMILES string of the molecule is CC(=O)NC[C@H]1CN(c2ccc(-c3ccc(N4CCS(=O)(=O)CC4)nc3)cc2)C(=O)O1. The number of sulfone groups is 1. The molecule has 10 heteroatoms. The van der Waals surface area contributed by atoms with Crippen LogP contribution in [0.4, 0.5) is 16.3 Å². The normalized spacial score (nSPS) is 20.4. The van der Waals surface area contributed by atoms with E-state index in [0.717, 1.165) is 22.6 Å². The number of hydrogen-bond donors (Lipinski definition) is 1. The molecule has 4 rings (SSSR count). The summed E-state index contributed by atoms with van der Waals surface area (Å²) in [6, 6.07) is 11.4. The molecule has 2 saturated heterocycles. The fourth-order valence-electron chi connectivity index (χ4n) is 3.62. The highest BCUT2D eigenvalue weighted by atomic mass is 32.2. The number of cyclic esters (lactones) is 1. The minimum absolute atomic E-state index is 0.155. The first kappa shape index (κ1) is 21.1. The van der Waals surface area contributed by atoms with Crippen molar-refractivity contribution in [2.75, 3.05) is 47.5 Å². The summed E-state index contributed by atoms with van der Waals surface area (Å²) in [7, 11) is -2.93. The molecule has 9 nitrogen and oxygen atoms in total. The molecular weight excluding hydrogens is 420 g/mol. The lowest BCUT2D eigenvalue weighted by Crippen LogP contribution is -2.40. The number of amides is 2. The molecule has 31 heavy (non-hydrogen) atoms. The lowest BCUT2D eigenvalue weighted by atomic mass is 10.1. The molecule has 1 atom stereocenters. The van der Waals surface area contributed by atoms with Gasteiger partial charge in [0.1, 0.15) is 11.9 Å². The fraction of sp³-hybridized carbons (Fsp3) is 0.381. The number of nitrogens with zero attached hydrogens (tertiary/aromatic N) is 3. The van der Waals surface area contributed by atoms with Crippen molar-refractivity contribution in [1.29, 1.82) is 0 Å². The smallest absolute Gasteiger partial charge is 0.414 e. The molecule has 2 amide bonds. The van der Waals surface area contributed by atoms with E-state index in [-0.39, 0.29) is 30.1 Å². The van der Waals surface area contributed by atoms with Gasteiger partial charge in [0.15, 0.2) is 9.84 Å². The van der Waals surface area contributed by atoms with Crippen LogP contribution in [0, 0.1) is 0 Å². The lowest BCUT2D eigenvalue weighted by Gasteiger charge is -2.27. The van der Waals surface area contributed by atoms with Crippen LogP contribution in [-0.4, -0.2) is 69.2 Å². The van der Waals surface area contributed by atoms with Gasteiger partial charge in [-0.1, -0.05) is 12.1 Å². The molecule has 2 aliphatic rings. The molecule has 0 spiro atoms. The Hall–Kier alpha value is -3.14. The molecular formula is C21H24N4O5S. The number of carbonyl (C=O) groups excluding carboxylic acids is 2. The van der Waals surface area contributed by atoms with Crippen molar-refractivity contribution in [1.82, 2.24) is 10.3 Å². The molecule has 0 radical (unpaired) electrons. The van der Waals surface area contributed by atoms with Crippen LogP contribution in [0.15, 0.2) is 42.6 Å². The fourth-order valence-corrected chi connectivity index (χ4v) is 4.82. The van der Waals surface area contributed by atoms with Crippen molar-refractivity contribution in [2.24, 2.45) is 0 Å². The summed E-state index contributed by atoms with van der Waals surface area (Å²) in [6.07, 6.45) is 0.955. The first-order chi connectivity index (χ1) is 14.8. The maximum atomic E-state index is 12.2. The van der Waals surface area contributed by atoms with Crippen molar-refractivity contribution in [2.45, 2.75) is 13.0 Å². The third-order valence-corrected chi connectivity index (χ3v) is 6.99. The van der Waals surface area contributed by atoms with Crippen LogP contribution in [0.3, 0.4) is 0 Å². The molecule has 0 saturated carbocycles. The molecule has 1 aromatic carbocycles. The largest absolute Gasteiger partial charge is 0.442 e. The van der Waals surface area contributed by atoms with Crippen molar-refractivity contribution in [3.05, 3.63) is 42.6 Å². The molecule has 3 heterocycles. The number of anilines is 2. The highest BCUT2D eigenvalue weighted by molar-refractivity contribution is 7.91. The third kappa shape index (κ3) is 4.96. The second-order valence-corrected chi connectivity index (χ2v) is 9.95. The van der Waals surface area contributed by atoms with Crippen LogP contribution >= 0.6 is 0 Å². The number of hydrogen-bond acceptors (Lipinski definition) is 7. The Morgan fingerprint density at radius 1 is 1.13 bits per heavy atom. The minimum Gasteiger partial charge on any atom is -0.442 e. The van der Waals surface area contributed by atoms with Crippen LogP contribution in [0.2, 0.25) is 0 Å². The van der Waals surface area contributed by atoms with E-state index in [1.54, 1.807) is 11.1 Å². The summed E-state index contributed by atoms with van der Waals surface area (Å²) in [5.74, 6) is 0.912. The molecule has 2 aliphatic heterocycles. The van der Waals surface area contributed by atoms with E-state index in [0.29, 0.717) is 19.6 Å². The Kier molecular flexibility index (Phi) is 5.81. The number of ether oxygens (including phenoxy) is 1. The Bertz CT molecular complexity index is 1060. The van der Waals surface area contributed by atoms with Gasteiger partial charge in [0.2, 0.25) is 5.91 Å². The van der Waals surface area contributed by atoms with Gasteiger partial charge >= 0.3 is 6.09 Å². The van der Waals surface area contributed by atoms with E-state index in [1.807, 2.05) is 41.3 Å². The summed E-state index contributed by atoms with van der Waals surface area (Å²) >= 11 is 0. The number of nitrogens with one attached hydrogen (secondary N) is 1. The van der Waals surface area contributed by atoms with Crippen molar-refractivity contribution in [3.8, 4) is 11.1 Å². The predicted molar refractivity (Wildman–Crippen MR) is 117 cm³/mol. The van der Waals surface area contributed by atoms with Crippen molar-refractivity contribution in [3.63, 3.8) is 0 Å². The maximum absolute atomic E-state index is 12.2. The van der Waals surface area contributed by atoms with Gasteiger partial charge in [0, 0.05) is 37.5 Å². The highest BCUT2D eigenvalue weighted by Gasteiger charge is 2.32. The number of pyridine rings is 1. The average molecular weight is 445 g/mol. The summed E-state index contributed by atoms with van der Waals surface area (Å²) in [5, 5.41) is 2.66. The standard InChI is InChI=1S/C21H24N4O5S/c1-15(26)22-13-19-14-25(21(27)30-19)18-5-2-16(3-6-18)17-4-7-20(23-12-17)24-8-10-31(28,29)11-9-24/h2-7,12,19H,8-11,13-14H2,1H3,(H,22,26)/t19-/m0/s1. The van der Waals surface area contributed by atoms with Gasteiger partial charge in [0.05, 0.1) is 24.6 Å². The Labute approximate surface area is 180 Å². The zero-order chi connectivity index (χ0) is 22.0. The van der Waals surface area contributed by atoms with E-state index in [4.69, 9.17) is 4.74 Å². The van der Waals surface area contributed by atoms with Crippen LogP contribution in [0.1, 0.15) is 6.92 Å². The zero-order valence-corrected chi connectivity index (χ0v) is 18.0. The average Bonchev–Trinajstić information content (AvgIpc) is 3.13. The van der Waals surface area contributed by atoms with Gasteiger partial charge in [-0.15, -0.1) is 0 Å². The quantitative estimate of drug-likeness (QED) is 0.743. The Morgan fingerprint density at radius 2 is 1.81 bits per heavy atom. The highest BCUT2D eigenvalue weighted by Crippen LogP contribution is 2.27. The monoisotopic (exact) mass is 444 g/mol. The van der Waals surface area contributed by atoms with E-state index in [1.165, 1.54) is 6.92 Å². The van der Waals surface area contributed by atoms with Gasteiger partial charge in [-0.3, -0.25) is 9.69 Å². The predicted octanol–water partition coefficient (Wildman–Crippen LogP) is 1.44. The summed E-state index contributed by atoms with van der Waals surface area (Å²) < 4.78 is 28.5.